The maximum absolute atomic E-state index is 10.6. The second kappa shape index (κ2) is 5.22. The number of aliphatic hydroxyl groups excluding tert-OH is 1. The molecule has 0 saturated heterocycles. The monoisotopic (exact) mass is 284 g/mol. The van der Waals surface area contributed by atoms with Gasteiger partial charge in [0.05, 0.1) is 19.0 Å². The molecule has 0 amide bonds. The molecule has 0 bridgehead atoms. The molecule has 2 aromatic rings. The molecule has 1 N–H and O–H groups in total. The molecule has 0 aromatic carbocycles. The van der Waals surface area contributed by atoms with Crippen LogP contribution in [0.4, 0.5) is 0 Å². The van der Waals surface area contributed by atoms with Crippen LogP contribution in [0.5, 0.6) is 5.75 Å². The lowest BCUT2D eigenvalue weighted by Crippen LogP contribution is -2.11. The third-order valence-corrected chi connectivity index (χ3v) is 3.54. The van der Waals surface area contributed by atoms with E-state index in [4.69, 9.17) is 16.3 Å². The average molecular weight is 285 g/mol. The van der Waals surface area contributed by atoms with Gasteiger partial charge in [-0.2, -0.15) is 10.2 Å². The summed E-state index contributed by atoms with van der Waals surface area (Å²) in [5, 5.41) is 19.4. The third-order valence-electron chi connectivity index (χ3n) is 3.09. The number of methoxy groups -OCH3 is 1. The van der Waals surface area contributed by atoms with Crippen LogP contribution in [0.15, 0.2) is 6.20 Å². The highest BCUT2D eigenvalue weighted by Gasteiger charge is 2.27. The second-order valence-corrected chi connectivity index (χ2v) is 4.59. The van der Waals surface area contributed by atoms with Crippen LogP contribution in [0.2, 0.25) is 5.15 Å². The largest absolute Gasteiger partial charge is 0.493 e. The Morgan fingerprint density at radius 2 is 2.21 bits per heavy atom. The van der Waals surface area contributed by atoms with Crippen LogP contribution in [0.3, 0.4) is 0 Å². The first-order chi connectivity index (χ1) is 9.01. The number of aliphatic hydroxyl groups is 1. The summed E-state index contributed by atoms with van der Waals surface area (Å²) in [6.07, 6.45) is 0.667. The van der Waals surface area contributed by atoms with Crippen molar-refractivity contribution in [2.24, 2.45) is 7.05 Å². The Hall–Kier alpha value is -1.53. The van der Waals surface area contributed by atoms with Crippen molar-refractivity contribution in [1.29, 1.82) is 0 Å². The molecule has 2 heterocycles. The number of hydrogen-bond acceptors (Lipinski definition) is 4. The smallest absolute Gasteiger partial charge is 0.163 e. The van der Waals surface area contributed by atoms with Gasteiger partial charge in [0, 0.05) is 19.2 Å². The van der Waals surface area contributed by atoms with Crippen molar-refractivity contribution >= 4 is 11.6 Å². The van der Waals surface area contributed by atoms with Crippen molar-refractivity contribution in [1.82, 2.24) is 19.6 Å². The number of halogens is 1. The SMILES string of the molecule is CCn1ncc(OC)c1C(O)c1c(C)nn(C)c1Cl. The summed E-state index contributed by atoms with van der Waals surface area (Å²) in [5.74, 6) is 0.536. The lowest BCUT2D eigenvalue weighted by atomic mass is 10.1. The van der Waals surface area contributed by atoms with E-state index in [1.165, 1.54) is 4.68 Å². The zero-order valence-corrected chi connectivity index (χ0v) is 12.1. The Labute approximate surface area is 116 Å². The molecule has 7 heteroatoms. The minimum Gasteiger partial charge on any atom is -0.493 e. The number of nitrogens with zero attached hydrogens (tertiary/aromatic N) is 4. The lowest BCUT2D eigenvalue weighted by molar-refractivity contribution is 0.202. The van der Waals surface area contributed by atoms with E-state index in [9.17, 15) is 5.11 Å². The van der Waals surface area contributed by atoms with Gasteiger partial charge in [0.1, 0.15) is 17.0 Å². The maximum Gasteiger partial charge on any atom is 0.163 e. The number of hydrogen-bond donors (Lipinski definition) is 1. The Morgan fingerprint density at radius 3 is 2.68 bits per heavy atom. The predicted molar refractivity (Wildman–Crippen MR) is 71.5 cm³/mol. The Balaban J connectivity index is 2.55. The van der Waals surface area contributed by atoms with Gasteiger partial charge in [0.25, 0.3) is 0 Å². The van der Waals surface area contributed by atoms with Crippen molar-refractivity contribution in [2.45, 2.75) is 26.5 Å². The molecule has 0 fully saturated rings. The summed E-state index contributed by atoms with van der Waals surface area (Å²) in [4.78, 5) is 0. The highest BCUT2D eigenvalue weighted by molar-refractivity contribution is 6.30. The molecule has 1 atom stereocenters. The topological polar surface area (TPSA) is 65.1 Å². The van der Waals surface area contributed by atoms with Gasteiger partial charge in [-0.1, -0.05) is 11.6 Å². The molecule has 2 aromatic heterocycles. The van der Waals surface area contributed by atoms with Crippen LogP contribution in [0, 0.1) is 6.92 Å². The quantitative estimate of drug-likeness (QED) is 0.928. The first kappa shape index (κ1) is 13.9. The summed E-state index contributed by atoms with van der Waals surface area (Å²) >= 11 is 6.19. The van der Waals surface area contributed by atoms with Crippen molar-refractivity contribution in [3.05, 3.63) is 28.3 Å². The molecule has 0 spiro atoms. The second-order valence-electron chi connectivity index (χ2n) is 4.23. The molecular formula is C12H17ClN4O2. The number of ether oxygens (including phenoxy) is 1. The zero-order valence-electron chi connectivity index (χ0n) is 11.4. The molecule has 0 aliphatic rings. The fourth-order valence-corrected chi connectivity index (χ4v) is 2.43. The fraction of sp³-hybridized carbons (Fsp3) is 0.500. The summed E-state index contributed by atoms with van der Waals surface area (Å²) in [6.45, 7) is 4.39. The van der Waals surface area contributed by atoms with Crippen LogP contribution in [-0.2, 0) is 13.6 Å². The van der Waals surface area contributed by atoms with E-state index >= 15 is 0 Å². The minimum absolute atomic E-state index is 0.413. The van der Waals surface area contributed by atoms with Gasteiger partial charge in [-0.25, -0.2) is 0 Å². The van der Waals surface area contributed by atoms with Gasteiger partial charge < -0.3 is 9.84 Å². The van der Waals surface area contributed by atoms with Gasteiger partial charge in [-0.05, 0) is 13.8 Å². The Morgan fingerprint density at radius 1 is 1.53 bits per heavy atom. The van der Waals surface area contributed by atoms with Crippen LogP contribution in [0.25, 0.3) is 0 Å². The third kappa shape index (κ3) is 2.21. The molecule has 104 valence electrons. The van der Waals surface area contributed by atoms with E-state index in [1.807, 2.05) is 13.8 Å². The van der Waals surface area contributed by atoms with E-state index in [2.05, 4.69) is 10.2 Å². The van der Waals surface area contributed by atoms with Crippen molar-refractivity contribution in [2.75, 3.05) is 7.11 Å². The minimum atomic E-state index is -0.918. The normalized spacial score (nSPS) is 12.7. The highest BCUT2D eigenvalue weighted by Crippen LogP contribution is 2.34. The van der Waals surface area contributed by atoms with E-state index in [0.717, 1.165) is 0 Å². The van der Waals surface area contributed by atoms with Crippen molar-refractivity contribution in [3.8, 4) is 5.75 Å². The Kier molecular flexibility index (Phi) is 3.82. The molecule has 0 aliphatic carbocycles. The predicted octanol–water partition coefficient (Wildman–Crippen LogP) is 1.69. The maximum atomic E-state index is 10.6. The summed E-state index contributed by atoms with van der Waals surface area (Å²) < 4.78 is 8.47. The summed E-state index contributed by atoms with van der Waals surface area (Å²) in [7, 11) is 3.28. The highest BCUT2D eigenvalue weighted by atomic mass is 35.5. The molecule has 6 nitrogen and oxygen atoms in total. The number of aromatic nitrogens is 4. The van der Waals surface area contributed by atoms with Gasteiger partial charge in [-0.3, -0.25) is 9.36 Å². The first-order valence-corrected chi connectivity index (χ1v) is 6.35. The molecule has 19 heavy (non-hydrogen) atoms. The van der Waals surface area contributed by atoms with Gasteiger partial charge in [0.2, 0.25) is 0 Å². The lowest BCUT2D eigenvalue weighted by Gasteiger charge is -2.14. The van der Waals surface area contributed by atoms with Crippen LogP contribution < -0.4 is 4.74 Å². The summed E-state index contributed by atoms with van der Waals surface area (Å²) in [5.41, 5.74) is 1.85. The average Bonchev–Trinajstić information content (AvgIpc) is 2.90. The number of aryl methyl sites for hydroxylation is 3. The summed E-state index contributed by atoms with van der Waals surface area (Å²) in [6, 6.07) is 0. The molecule has 0 saturated carbocycles. The van der Waals surface area contributed by atoms with Crippen molar-refractivity contribution < 1.29 is 9.84 Å². The molecular weight excluding hydrogens is 268 g/mol. The van der Waals surface area contributed by atoms with Crippen molar-refractivity contribution in [3.63, 3.8) is 0 Å². The van der Waals surface area contributed by atoms with E-state index in [1.54, 1.807) is 25.0 Å². The van der Waals surface area contributed by atoms with Gasteiger partial charge in [0.15, 0.2) is 5.75 Å². The van der Waals surface area contributed by atoms with Crippen LogP contribution in [0.1, 0.15) is 30.0 Å². The van der Waals surface area contributed by atoms with E-state index in [-0.39, 0.29) is 0 Å². The molecule has 0 aliphatic heterocycles. The molecule has 2 rings (SSSR count). The molecule has 0 radical (unpaired) electrons. The van der Waals surface area contributed by atoms with Gasteiger partial charge >= 0.3 is 0 Å². The Bertz CT molecular complexity index is 569. The van der Waals surface area contributed by atoms with Gasteiger partial charge in [-0.15, -0.1) is 0 Å². The zero-order chi connectivity index (χ0) is 14.2. The fourth-order valence-electron chi connectivity index (χ4n) is 2.16. The van der Waals surface area contributed by atoms with E-state index < -0.39 is 6.10 Å². The van der Waals surface area contributed by atoms with Crippen LogP contribution >= 0.6 is 11.6 Å². The first-order valence-electron chi connectivity index (χ1n) is 5.98. The van der Waals surface area contributed by atoms with E-state index in [0.29, 0.717) is 34.4 Å². The number of rotatable bonds is 4. The standard InChI is InChI=1S/C12H17ClN4O2/c1-5-17-10(8(19-4)6-14-17)11(18)9-7(2)15-16(3)12(9)13/h6,11,18H,5H2,1-4H3. The van der Waals surface area contributed by atoms with Crippen LogP contribution in [-0.4, -0.2) is 31.8 Å². The molecule has 1 unspecified atom stereocenters.